The highest BCUT2D eigenvalue weighted by Gasteiger charge is 2.21. The van der Waals surface area contributed by atoms with Crippen LogP contribution in [0, 0.1) is 5.92 Å². The largest absolute Gasteiger partial charge is 0.298 e. The number of carbonyl (C=O) groups excluding carboxylic acids is 1. The Kier molecular flexibility index (Phi) is 5.31. The van der Waals surface area contributed by atoms with Gasteiger partial charge in [0.25, 0.3) is 0 Å². The maximum absolute atomic E-state index is 12.2. The summed E-state index contributed by atoms with van der Waals surface area (Å²) < 4.78 is 0. The van der Waals surface area contributed by atoms with Crippen LogP contribution in [0.3, 0.4) is 0 Å². The summed E-state index contributed by atoms with van der Waals surface area (Å²) in [6.45, 7) is 6.67. The van der Waals surface area contributed by atoms with Crippen molar-refractivity contribution >= 4 is 17.5 Å². The molecule has 1 aromatic rings. The Morgan fingerprint density at radius 3 is 2.25 bits per heavy atom. The van der Waals surface area contributed by atoms with Gasteiger partial charge in [-0.2, -0.15) is 0 Å². The molecule has 1 saturated carbocycles. The highest BCUT2D eigenvalue weighted by molar-refractivity contribution is 8.00. The highest BCUT2D eigenvalue weighted by Crippen LogP contribution is 2.28. The van der Waals surface area contributed by atoms with Gasteiger partial charge in [0.2, 0.25) is 0 Å². The molecule has 2 rings (SSSR count). The third kappa shape index (κ3) is 4.37. The van der Waals surface area contributed by atoms with Gasteiger partial charge in [0.15, 0.2) is 0 Å². The van der Waals surface area contributed by atoms with E-state index < -0.39 is 0 Å². The molecule has 0 heterocycles. The molecule has 2 heteroatoms. The van der Waals surface area contributed by atoms with Crippen molar-refractivity contribution in [3.63, 3.8) is 0 Å². The quantitative estimate of drug-likeness (QED) is 0.707. The van der Waals surface area contributed by atoms with Gasteiger partial charge in [0.05, 0.1) is 5.75 Å². The van der Waals surface area contributed by atoms with Crippen molar-refractivity contribution in [1.82, 2.24) is 0 Å². The lowest BCUT2D eigenvalue weighted by Gasteiger charge is -2.20. The summed E-state index contributed by atoms with van der Waals surface area (Å²) in [4.78, 5) is 13.4. The maximum atomic E-state index is 12.2. The minimum Gasteiger partial charge on any atom is -0.298 e. The normalized spacial score (nSPS) is 17.1. The lowest BCUT2D eigenvalue weighted by Crippen LogP contribution is -2.19. The molecule has 0 aromatic heterocycles. The van der Waals surface area contributed by atoms with Crippen LogP contribution in [0.1, 0.15) is 58.4 Å². The van der Waals surface area contributed by atoms with Crippen molar-refractivity contribution < 1.29 is 4.79 Å². The van der Waals surface area contributed by atoms with Crippen molar-refractivity contribution in [2.75, 3.05) is 5.75 Å². The number of carbonyl (C=O) groups is 1. The summed E-state index contributed by atoms with van der Waals surface area (Å²) in [5.41, 5.74) is 1.54. The van der Waals surface area contributed by atoms with Crippen LogP contribution in [0.15, 0.2) is 29.2 Å². The number of hydrogen-bond acceptors (Lipinski definition) is 2. The Morgan fingerprint density at radius 2 is 1.70 bits per heavy atom. The van der Waals surface area contributed by atoms with Crippen LogP contribution >= 0.6 is 11.8 Å². The molecular weight excluding hydrogens is 264 g/mol. The molecule has 0 N–H and O–H groups in total. The van der Waals surface area contributed by atoms with Gasteiger partial charge in [0.1, 0.15) is 5.78 Å². The second-order valence-corrected chi connectivity index (χ2v) is 7.91. The average Bonchev–Trinajstić information content (AvgIpc) is 2.45. The van der Waals surface area contributed by atoms with Crippen LogP contribution in [-0.4, -0.2) is 11.5 Å². The lowest BCUT2D eigenvalue weighted by atomic mass is 9.87. The van der Waals surface area contributed by atoms with E-state index in [0.29, 0.717) is 17.5 Å². The molecule has 1 fully saturated rings. The Hall–Kier alpha value is -0.760. The van der Waals surface area contributed by atoms with Gasteiger partial charge in [-0.05, 0) is 36.0 Å². The summed E-state index contributed by atoms with van der Waals surface area (Å²) in [6.07, 6.45) is 6.01. The van der Waals surface area contributed by atoms with Gasteiger partial charge < -0.3 is 0 Å². The third-order valence-electron chi connectivity index (χ3n) is 4.16. The summed E-state index contributed by atoms with van der Waals surface area (Å²) in [6, 6.07) is 8.68. The first-order valence-electron chi connectivity index (χ1n) is 7.73. The molecule has 0 radical (unpaired) electrons. The van der Waals surface area contributed by atoms with E-state index in [2.05, 4.69) is 45.0 Å². The molecule has 20 heavy (non-hydrogen) atoms. The fourth-order valence-electron chi connectivity index (χ4n) is 2.75. The van der Waals surface area contributed by atoms with Crippen LogP contribution < -0.4 is 0 Å². The van der Waals surface area contributed by atoms with Crippen LogP contribution in [-0.2, 0) is 10.2 Å². The molecule has 110 valence electrons. The Morgan fingerprint density at radius 1 is 1.10 bits per heavy atom. The monoisotopic (exact) mass is 290 g/mol. The van der Waals surface area contributed by atoms with E-state index in [4.69, 9.17) is 0 Å². The SMILES string of the molecule is CC(C)(C)c1ccc(SCC(=O)C2CCCCC2)cc1. The van der Waals surface area contributed by atoms with Crippen molar-refractivity contribution in [3.05, 3.63) is 29.8 Å². The van der Waals surface area contributed by atoms with Crippen LogP contribution in [0.4, 0.5) is 0 Å². The van der Waals surface area contributed by atoms with Gasteiger partial charge in [0, 0.05) is 10.8 Å². The van der Waals surface area contributed by atoms with E-state index in [1.165, 1.54) is 29.7 Å². The highest BCUT2D eigenvalue weighted by atomic mass is 32.2. The van der Waals surface area contributed by atoms with Crippen molar-refractivity contribution in [2.24, 2.45) is 5.92 Å². The van der Waals surface area contributed by atoms with E-state index in [-0.39, 0.29) is 5.41 Å². The molecule has 0 unspecified atom stereocenters. The third-order valence-corrected chi connectivity index (χ3v) is 5.20. The van der Waals surface area contributed by atoms with Crippen LogP contribution in [0.2, 0.25) is 0 Å². The van der Waals surface area contributed by atoms with Crippen molar-refractivity contribution in [2.45, 2.75) is 63.2 Å². The first-order chi connectivity index (χ1) is 9.47. The van der Waals surface area contributed by atoms with Gasteiger partial charge in [-0.25, -0.2) is 0 Å². The van der Waals surface area contributed by atoms with Gasteiger partial charge in [-0.15, -0.1) is 11.8 Å². The van der Waals surface area contributed by atoms with Crippen molar-refractivity contribution in [1.29, 1.82) is 0 Å². The van der Waals surface area contributed by atoms with E-state index in [1.54, 1.807) is 11.8 Å². The Balaban J connectivity index is 1.86. The van der Waals surface area contributed by atoms with E-state index >= 15 is 0 Å². The zero-order chi connectivity index (χ0) is 14.6. The lowest BCUT2D eigenvalue weighted by molar-refractivity contribution is -0.121. The van der Waals surface area contributed by atoms with E-state index in [1.807, 2.05) is 0 Å². The van der Waals surface area contributed by atoms with Gasteiger partial charge in [-0.1, -0.05) is 52.2 Å². The Bertz CT molecular complexity index is 435. The molecule has 0 atom stereocenters. The molecule has 0 saturated heterocycles. The molecule has 1 aromatic carbocycles. The van der Waals surface area contributed by atoms with Crippen LogP contribution in [0.5, 0.6) is 0 Å². The molecule has 1 aliphatic carbocycles. The molecule has 0 aliphatic heterocycles. The summed E-state index contributed by atoms with van der Waals surface area (Å²) >= 11 is 1.69. The predicted molar refractivity (Wildman–Crippen MR) is 87.4 cm³/mol. The molecule has 1 nitrogen and oxygen atoms in total. The van der Waals surface area contributed by atoms with Crippen molar-refractivity contribution in [3.8, 4) is 0 Å². The first kappa shape index (κ1) is 15.6. The fraction of sp³-hybridized carbons (Fsp3) is 0.611. The van der Waals surface area contributed by atoms with Gasteiger partial charge in [-0.3, -0.25) is 4.79 Å². The van der Waals surface area contributed by atoms with Gasteiger partial charge >= 0.3 is 0 Å². The number of ketones is 1. The second kappa shape index (κ2) is 6.80. The number of hydrogen-bond donors (Lipinski definition) is 0. The fourth-order valence-corrected chi connectivity index (χ4v) is 3.62. The standard InChI is InChI=1S/C18H26OS/c1-18(2,3)15-9-11-16(12-10-15)20-13-17(19)14-7-5-4-6-8-14/h9-12,14H,4-8,13H2,1-3H3. The minimum absolute atomic E-state index is 0.196. The molecule has 0 bridgehead atoms. The number of benzene rings is 1. The summed E-state index contributed by atoms with van der Waals surface area (Å²) in [7, 11) is 0. The zero-order valence-corrected chi connectivity index (χ0v) is 13.8. The second-order valence-electron chi connectivity index (χ2n) is 6.86. The number of Topliss-reactive ketones (excluding diaryl/α,β-unsaturated/α-hetero) is 1. The predicted octanol–water partition coefficient (Wildman–Crippen LogP) is 5.23. The zero-order valence-electron chi connectivity index (χ0n) is 12.9. The molecule has 1 aliphatic rings. The Labute approximate surface area is 127 Å². The van der Waals surface area contributed by atoms with E-state index in [0.717, 1.165) is 12.8 Å². The molecular formula is C18H26OS. The smallest absolute Gasteiger partial charge is 0.146 e. The number of thioether (sulfide) groups is 1. The van der Waals surface area contributed by atoms with Crippen LogP contribution in [0.25, 0.3) is 0 Å². The first-order valence-corrected chi connectivity index (χ1v) is 8.71. The summed E-state index contributed by atoms with van der Waals surface area (Å²) in [5.74, 6) is 1.43. The number of rotatable bonds is 4. The molecule has 0 spiro atoms. The topological polar surface area (TPSA) is 17.1 Å². The molecule has 0 amide bonds. The maximum Gasteiger partial charge on any atom is 0.146 e. The average molecular weight is 290 g/mol. The minimum atomic E-state index is 0.196. The van der Waals surface area contributed by atoms with E-state index in [9.17, 15) is 4.79 Å². The summed E-state index contributed by atoms with van der Waals surface area (Å²) in [5, 5.41) is 0.